The highest BCUT2D eigenvalue weighted by Gasteiger charge is 2.59. The molecule has 0 aromatic heterocycles. The molecular weight excluding hydrogens is 790 g/mol. The zero-order valence-electron chi connectivity index (χ0n) is 33.7. The number of thioether (sulfide) groups is 1. The van der Waals surface area contributed by atoms with Crippen LogP contribution in [0.5, 0.6) is 5.75 Å². The Labute approximate surface area is 340 Å². The molecule has 18 heteroatoms. The monoisotopic (exact) mass is 842 g/mol. The minimum Gasteiger partial charge on any atom is -0.497 e. The number of ether oxygens (including phenoxy) is 9. The van der Waals surface area contributed by atoms with E-state index in [0.29, 0.717) is 16.9 Å². The third kappa shape index (κ3) is 9.61. The minimum absolute atomic E-state index is 0.00891. The molecule has 13 atom stereocenters. The molecule has 6 rings (SSSR count). The number of hydroxylamine groups is 2. The molecule has 4 heterocycles. The third-order valence-corrected chi connectivity index (χ3v) is 12.1. The SMILES string of the molecule is COc1ccc(C2O[C@@H]3[C@@H](O[C@H]4C[C@H](OC)[C@@H](N(C(=O)C(F)(F)F)C(C)C)CO4)[C@@H](OC)O[C@H](C)[C@H]3N2O[C@H]2C[C@H](OC(=O)c3ccccc3)[C@H](SC)[C@@H](C)O2)cc1. The Morgan fingerprint density at radius 2 is 1.59 bits per heavy atom. The molecule has 0 aliphatic carbocycles. The molecule has 2 aromatic carbocycles. The molecule has 2 aromatic rings. The third-order valence-electron chi connectivity index (χ3n) is 10.9. The van der Waals surface area contributed by atoms with Crippen molar-refractivity contribution in [2.75, 3.05) is 34.2 Å². The lowest BCUT2D eigenvalue weighted by Gasteiger charge is -2.47. The summed E-state index contributed by atoms with van der Waals surface area (Å²) < 4.78 is 96.1. The van der Waals surface area contributed by atoms with Crippen molar-refractivity contribution >= 4 is 23.6 Å². The van der Waals surface area contributed by atoms with Crippen molar-refractivity contribution < 1.29 is 70.2 Å². The van der Waals surface area contributed by atoms with E-state index in [1.807, 2.05) is 38.3 Å². The number of carbonyl (C=O) groups is 2. The average molecular weight is 843 g/mol. The van der Waals surface area contributed by atoms with Gasteiger partial charge in [0.1, 0.15) is 24.1 Å². The quantitative estimate of drug-likeness (QED) is 0.236. The molecule has 1 unspecified atom stereocenters. The minimum atomic E-state index is -5.08. The summed E-state index contributed by atoms with van der Waals surface area (Å²) in [4.78, 5) is 33.2. The van der Waals surface area contributed by atoms with E-state index in [-0.39, 0.29) is 30.8 Å². The van der Waals surface area contributed by atoms with Crippen LogP contribution in [-0.4, -0.2) is 141 Å². The maximum atomic E-state index is 13.6. The maximum Gasteiger partial charge on any atom is 0.471 e. The second-order valence-corrected chi connectivity index (χ2v) is 15.9. The van der Waals surface area contributed by atoms with Crippen LogP contribution in [0.2, 0.25) is 0 Å². The predicted molar refractivity (Wildman–Crippen MR) is 202 cm³/mol. The Hall–Kier alpha value is -3.04. The molecule has 14 nitrogen and oxygen atoms in total. The fraction of sp³-hybridized carbons (Fsp3) is 0.650. The second kappa shape index (κ2) is 19.1. The first kappa shape index (κ1) is 44.5. The van der Waals surface area contributed by atoms with Gasteiger partial charge in [0.05, 0.1) is 54.9 Å². The number of alkyl halides is 3. The molecular formula is C40H53F3N2O12S. The van der Waals surface area contributed by atoms with Gasteiger partial charge in [-0.1, -0.05) is 30.3 Å². The van der Waals surface area contributed by atoms with Crippen molar-refractivity contribution in [3.05, 3.63) is 65.7 Å². The lowest BCUT2D eigenvalue weighted by atomic mass is 9.96. The van der Waals surface area contributed by atoms with Gasteiger partial charge in [-0.3, -0.25) is 9.63 Å². The zero-order valence-corrected chi connectivity index (χ0v) is 34.6. The highest BCUT2D eigenvalue weighted by Crippen LogP contribution is 2.45. The fourth-order valence-corrected chi connectivity index (χ4v) is 9.09. The number of halogens is 3. The molecule has 4 saturated heterocycles. The molecule has 4 aliphatic rings. The molecule has 322 valence electrons. The maximum absolute atomic E-state index is 13.6. The van der Waals surface area contributed by atoms with E-state index in [4.69, 9.17) is 47.5 Å². The van der Waals surface area contributed by atoms with Crippen LogP contribution in [0.1, 0.15) is 62.7 Å². The second-order valence-electron chi connectivity index (χ2n) is 14.9. The first-order chi connectivity index (χ1) is 27.7. The van der Waals surface area contributed by atoms with Crippen LogP contribution in [0.3, 0.4) is 0 Å². The van der Waals surface area contributed by atoms with E-state index in [1.54, 1.807) is 60.3 Å². The summed E-state index contributed by atoms with van der Waals surface area (Å²) in [5.74, 6) is -1.79. The van der Waals surface area contributed by atoms with Crippen molar-refractivity contribution in [3.8, 4) is 5.75 Å². The molecule has 1 amide bonds. The number of hydrogen-bond acceptors (Lipinski definition) is 14. The van der Waals surface area contributed by atoms with Gasteiger partial charge in [-0.15, -0.1) is 5.06 Å². The summed E-state index contributed by atoms with van der Waals surface area (Å²) in [6.07, 6.45) is -10.6. The number of carbonyl (C=O) groups excluding carboxylic acids is 2. The van der Waals surface area contributed by atoms with Gasteiger partial charge >= 0.3 is 18.1 Å². The van der Waals surface area contributed by atoms with Gasteiger partial charge < -0.3 is 47.5 Å². The molecule has 4 aliphatic heterocycles. The zero-order chi connectivity index (χ0) is 41.9. The first-order valence-electron chi connectivity index (χ1n) is 19.2. The summed E-state index contributed by atoms with van der Waals surface area (Å²) in [6, 6.07) is 13.6. The number of amides is 1. The van der Waals surface area contributed by atoms with Gasteiger partial charge in [0.25, 0.3) is 0 Å². The van der Waals surface area contributed by atoms with E-state index < -0.39 is 91.8 Å². The topological polar surface area (TPSA) is 133 Å². The number of nitrogens with zero attached hydrogens (tertiary/aromatic N) is 2. The standard InChI is InChI=1S/C40H53F3N2O12S/c1-21(2)44(39(47)40(41,42)43)27-20-51-30(18-28(27)49-6)55-34-33-32(22(3)53-38(34)50-7)45(36(56-33)24-14-16-26(48-5)17-15-24)57-31-19-29(35(58-8)23(4)52-31)54-37(46)25-12-10-9-11-13-25/h9-17,21-23,27-36,38H,18-20H2,1-8H3/t22-,23-,27+,28+,29+,30+,31+,32-,33+,34-,35-,36?,38+/m1/s1. The van der Waals surface area contributed by atoms with Gasteiger partial charge in [-0.2, -0.15) is 24.9 Å². The Morgan fingerprint density at radius 1 is 0.897 bits per heavy atom. The van der Waals surface area contributed by atoms with Gasteiger partial charge in [0.2, 0.25) is 0 Å². The van der Waals surface area contributed by atoms with E-state index in [2.05, 4.69) is 0 Å². The van der Waals surface area contributed by atoms with Crippen LogP contribution < -0.4 is 4.74 Å². The van der Waals surface area contributed by atoms with Crippen molar-refractivity contribution in [2.45, 2.75) is 132 Å². The molecule has 0 radical (unpaired) electrons. The van der Waals surface area contributed by atoms with Crippen LogP contribution in [0.4, 0.5) is 13.2 Å². The summed E-state index contributed by atoms with van der Waals surface area (Å²) in [5, 5.41) is 1.51. The van der Waals surface area contributed by atoms with E-state index in [9.17, 15) is 22.8 Å². The van der Waals surface area contributed by atoms with Crippen LogP contribution in [-0.2, 0) is 47.5 Å². The molecule has 58 heavy (non-hydrogen) atoms. The molecule has 0 bridgehead atoms. The highest BCUT2D eigenvalue weighted by molar-refractivity contribution is 7.99. The van der Waals surface area contributed by atoms with Crippen LogP contribution in [0.15, 0.2) is 54.6 Å². The summed E-state index contributed by atoms with van der Waals surface area (Å²) in [7, 11) is 4.40. The predicted octanol–water partition coefficient (Wildman–Crippen LogP) is 5.49. The summed E-state index contributed by atoms with van der Waals surface area (Å²) in [6.45, 7) is 6.49. The Balaban J connectivity index is 1.25. The average Bonchev–Trinajstić information content (AvgIpc) is 3.58. The number of rotatable bonds is 13. The first-order valence-corrected chi connectivity index (χ1v) is 20.5. The Morgan fingerprint density at radius 3 is 2.19 bits per heavy atom. The van der Waals surface area contributed by atoms with Gasteiger partial charge in [0, 0.05) is 33.1 Å². The largest absolute Gasteiger partial charge is 0.497 e. The van der Waals surface area contributed by atoms with E-state index in [1.165, 1.54) is 28.1 Å². The van der Waals surface area contributed by atoms with Gasteiger partial charge in [-0.05, 0) is 63.8 Å². The fourth-order valence-electron chi connectivity index (χ4n) is 8.18. The van der Waals surface area contributed by atoms with Crippen LogP contribution >= 0.6 is 11.8 Å². The lowest BCUT2D eigenvalue weighted by Crippen LogP contribution is -2.63. The number of hydrogen-bond donors (Lipinski definition) is 0. The lowest BCUT2D eigenvalue weighted by molar-refractivity contribution is -0.353. The van der Waals surface area contributed by atoms with Crippen molar-refractivity contribution in [1.29, 1.82) is 0 Å². The normalized spacial score (nSPS) is 34.4. The van der Waals surface area contributed by atoms with Crippen molar-refractivity contribution in [1.82, 2.24) is 9.96 Å². The van der Waals surface area contributed by atoms with Crippen molar-refractivity contribution in [3.63, 3.8) is 0 Å². The van der Waals surface area contributed by atoms with Gasteiger partial charge in [-0.25, -0.2) is 4.79 Å². The highest BCUT2D eigenvalue weighted by atomic mass is 32.2. The summed E-state index contributed by atoms with van der Waals surface area (Å²) >= 11 is 1.54. The number of methoxy groups -OCH3 is 3. The Bertz CT molecular complexity index is 1660. The molecule has 4 fully saturated rings. The molecule has 0 spiro atoms. The van der Waals surface area contributed by atoms with Crippen LogP contribution in [0, 0.1) is 0 Å². The molecule has 0 saturated carbocycles. The number of benzene rings is 2. The van der Waals surface area contributed by atoms with Gasteiger partial charge in [0.15, 0.2) is 25.1 Å². The Kier molecular flexibility index (Phi) is 14.7. The summed E-state index contributed by atoms with van der Waals surface area (Å²) in [5.41, 5.74) is 1.15. The molecule has 0 N–H and O–H groups in total. The number of esters is 1. The number of fused-ring (bicyclic) bond motifs is 1. The van der Waals surface area contributed by atoms with E-state index >= 15 is 0 Å². The van der Waals surface area contributed by atoms with Crippen LogP contribution in [0.25, 0.3) is 0 Å². The smallest absolute Gasteiger partial charge is 0.471 e. The van der Waals surface area contributed by atoms with Crippen molar-refractivity contribution in [2.24, 2.45) is 0 Å². The van der Waals surface area contributed by atoms with E-state index in [0.717, 1.165) is 4.90 Å².